The summed E-state index contributed by atoms with van der Waals surface area (Å²) in [7, 11) is 0. The van der Waals surface area contributed by atoms with E-state index in [1.54, 1.807) is 6.07 Å². The van der Waals surface area contributed by atoms with Gasteiger partial charge >= 0.3 is 0 Å². The predicted octanol–water partition coefficient (Wildman–Crippen LogP) is 2.78. The second-order valence-corrected chi connectivity index (χ2v) is 4.82. The lowest BCUT2D eigenvalue weighted by Crippen LogP contribution is -2.16. The van der Waals surface area contributed by atoms with Crippen molar-refractivity contribution in [1.29, 1.82) is 0 Å². The van der Waals surface area contributed by atoms with Crippen LogP contribution < -0.4 is 10.6 Å². The first kappa shape index (κ1) is 12.0. The third kappa shape index (κ3) is 3.23. The van der Waals surface area contributed by atoms with Crippen LogP contribution in [0.5, 0.6) is 0 Å². The molecule has 1 aliphatic rings. The Hall–Kier alpha value is -2.07. The molecule has 1 amide bonds. The molecule has 0 atom stereocenters. The van der Waals surface area contributed by atoms with E-state index in [4.69, 9.17) is 4.42 Å². The minimum absolute atomic E-state index is 0.152. The zero-order valence-corrected chi connectivity index (χ0v) is 10.6. The first-order valence-electron chi connectivity index (χ1n) is 6.47. The van der Waals surface area contributed by atoms with Gasteiger partial charge in [-0.25, -0.2) is 0 Å². The standard InChI is InChI=1S/C15H16N2O2/c18-15(12-6-7-19-10-12)17-14-3-1-2-11(8-14)9-16-13-4-5-13/h1-3,6-8,10,13,16H,4-5,9H2,(H,17,18). The van der Waals surface area contributed by atoms with E-state index in [0.717, 1.165) is 12.2 Å². The van der Waals surface area contributed by atoms with E-state index in [-0.39, 0.29) is 5.91 Å². The van der Waals surface area contributed by atoms with Crippen LogP contribution >= 0.6 is 0 Å². The molecule has 0 spiro atoms. The lowest BCUT2D eigenvalue weighted by molar-refractivity contribution is 0.102. The molecule has 0 aliphatic heterocycles. The summed E-state index contributed by atoms with van der Waals surface area (Å²) < 4.78 is 4.90. The Morgan fingerprint density at radius 2 is 2.21 bits per heavy atom. The Balaban J connectivity index is 1.63. The fourth-order valence-corrected chi connectivity index (χ4v) is 1.91. The first-order chi connectivity index (χ1) is 9.31. The molecule has 0 saturated heterocycles. The van der Waals surface area contributed by atoms with Gasteiger partial charge in [-0.2, -0.15) is 0 Å². The van der Waals surface area contributed by atoms with Gasteiger partial charge < -0.3 is 15.1 Å². The van der Waals surface area contributed by atoms with Crippen molar-refractivity contribution in [3.8, 4) is 0 Å². The highest BCUT2D eigenvalue weighted by molar-refractivity contribution is 6.03. The zero-order valence-electron chi connectivity index (χ0n) is 10.6. The second kappa shape index (κ2) is 5.28. The van der Waals surface area contributed by atoms with Crippen molar-refractivity contribution in [1.82, 2.24) is 5.32 Å². The van der Waals surface area contributed by atoms with Crippen LogP contribution in [0.4, 0.5) is 5.69 Å². The number of rotatable bonds is 5. The quantitative estimate of drug-likeness (QED) is 0.865. The fraction of sp³-hybridized carbons (Fsp3) is 0.267. The minimum Gasteiger partial charge on any atom is -0.472 e. The highest BCUT2D eigenvalue weighted by atomic mass is 16.3. The molecule has 1 saturated carbocycles. The Bertz CT molecular complexity index is 559. The first-order valence-corrected chi connectivity index (χ1v) is 6.47. The molecule has 2 N–H and O–H groups in total. The van der Waals surface area contributed by atoms with Gasteiger partial charge in [0, 0.05) is 18.3 Å². The molecular weight excluding hydrogens is 240 g/mol. The average molecular weight is 256 g/mol. The summed E-state index contributed by atoms with van der Waals surface area (Å²) in [5.41, 5.74) is 2.51. The second-order valence-electron chi connectivity index (χ2n) is 4.82. The summed E-state index contributed by atoms with van der Waals surface area (Å²) in [5.74, 6) is -0.152. The maximum Gasteiger partial charge on any atom is 0.258 e. The van der Waals surface area contributed by atoms with E-state index in [1.807, 2.05) is 18.2 Å². The fourth-order valence-electron chi connectivity index (χ4n) is 1.91. The van der Waals surface area contributed by atoms with E-state index in [0.29, 0.717) is 11.6 Å². The minimum atomic E-state index is -0.152. The van der Waals surface area contributed by atoms with Crippen LogP contribution in [-0.2, 0) is 6.54 Å². The third-order valence-corrected chi connectivity index (χ3v) is 3.14. The molecule has 1 aromatic carbocycles. The van der Waals surface area contributed by atoms with Crippen LogP contribution in [-0.4, -0.2) is 11.9 Å². The van der Waals surface area contributed by atoms with Crippen molar-refractivity contribution in [3.05, 3.63) is 54.0 Å². The maximum atomic E-state index is 11.9. The third-order valence-electron chi connectivity index (χ3n) is 3.14. The van der Waals surface area contributed by atoms with E-state index in [9.17, 15) is 4.79 Å². The SMILES string of the molecule is O=C(Nc1cccc(CNC2CC2)c1)c1ccoc1. The molecule has 0 radical (unpaired) electrons. The highest BCUT2D eigenvalue weighted by Crippen LogP contribution is 2.20. The van der Waals surface area contributed by atoms with Crippen LogP contribution in [0, 0.1) is 0 Å². The van der Waals surface area contributed by atoms with Crippen LogP contribution in [0.2, 0.25) is 0 Å². The number of anilines is 1. The summed E-state index contributed by atoms with van der Waals surface area (Å²) in [6.07, 6.45) is 5.48. The van der Waals surface area contributed by atoms with Gasteiger partial charge in [-0.1, -0.05) is 12.1 Å². The Labute approximate surface area is 111 Å². The molecule has 4 nitrogen and oxygen atoms in total. The molecule has 4 heteroatoms. The van der Waals surface area contributed by atoms with Crippen LogP contribution in [0.1, 0.15) is 28.8 Å². The van der Waals surface area contributed by atoms with Gasteiger partial charge in [-0.3, -0.25) is 4.79 Å². The molecule has 0 unspecified atom stereocenters. The van der Waals surface area contributed by atoms with E-state index in [1.165, 1.54) is 30.9 Å². The monoisotopic (exact) mass is 256 g/mol. The number of furan rings is 1. The van der Waals surface area contributed by atoms with Crippen molar-refractivity contribution in [2.45, 2.75) is 25.4 Å². The molecule has 1 aromatic heterocycles. The molecule has 1 aliphatic carbocycles. The zero-order chi connectivity index (χ0) is 13.1. The summed E-state index contributed by atoms with van der Waals surface area (Å²) >= 11 is 0. The van der Waals surface area contributed by atoms with Crippen LogP contribution in [0.15, 0.2) is 47.3 Å². The van der Waals surface area contributed by atoms with Gasteiger partial charge in [-0.15, -0.1) is 0 Å². The molecule has 19 heavy (non-hydrogen) atoms. The molecular formula is C15H16N2O2. The number of hydrogen-bond acceptors (Lipinski definition) is 3. The normalized spacial score (nSPS) is 14.3. The number of carbonyl (C=O) groups excluding carboxylic acids is 1. The smallest absolute Gasteiger partial charge is 0.258 e. The predicted molar refractivity (Wildman–Crippen MR) is 73.0 cm³/mol. The Kier molecular flexibility index (Phi) is 3.33. The summed E-state index contributed by atoms with van der Waals surface area (Å²) in [6.45, 7) is 0.847. The molecule has 1 fully saturated rings. The average Bonchev–Trinajstić information content (AvgIpc) is 3.08. The molecule has 0 bridgehead atoms. The van der Waals surface area contributed by atoms with Crippen molar-refractivity contribution < 1.29 is 9.21 Å². The van der Waals surface area contributed by atoms with Crippen molar-refractivity contribution >= 4 is 11.6 Å². The summed E-state index contributed by atoms with van der Waals surface area (Å²) in [4.78, 5) is 11.9. The van der Waals surface area contributed by atoms with Gasteiger partial charge in [0.25, 0.3) is 5.91 Å². The number of carbonyl (C=O) groups is 1. The van der Waals surface area contributed by atoms with E-state index < -0.39 is 0 Å². The number of benzene rings is 1. The molecule has 2 aromatic rings. The van der Waals surface area contributed by atoms with Gasteiger partial charge in [0.15, 0.2) is 0 Å². The largest absolute Gasteiger partial charge is 0.472 e. The molecule has 98 valence electrons. The van der Waals surface area contributed by atoms with Crippen molar-refractivity contribution in [2.75, 3.05) is 5.32 Å². The van der Waals surface area contributed by atoms with Crippen molar-refractivity contribution in [2.24, 2.45) is 0 Å². The van der Waals surface area contributed by atoms with Gasteiger partial charge in [0.2, 0.25) is 0 Å². The molecule has 3 rings (SSSR count). The lowest BCUT2D eigenvalue weighted by atomic mass is 10.2. The number of hydrogen-bond donors (Lipinski definition) is 2. The van der Waals surface area contributed by atoms with Crippen LogP contribution in [0.3, 0.4) is 0 Å². The van der Waals surface area contributed by atoms with E-state index in [2.05, 4.69) is 16.7 Å². The van der Waals surface area contributed by atoms with Gasteiger partial charge in [-0.05, 0) is 36.6 Å². The van der Waals surface area contributed by atoms with Crippen LogP contribution in [0.25, 0.3) is 0 Å². The lowest BCUT2D eigenvalue weighted by Gasteiger charge is -2.07. The van der Waals surface area contributed by atoms with E-state index >= 15 is 0 Å². The van der Waals surface area contributed by atoms with Gasteiger partial charge in [0.05, 0.1) is 11.8 Å². The maximum absolute atomic E-state index is 11.9. The Morgan fingerprint density at radius 3 is 2.95 bits per heavy atom. The highest BCUT2D eigenvalue weighted by Gasteiger charge is 2.19. The molecule has 1 heterocycles. The number of amides is 1. The number of nitrogens with one attached hydrogen (secondary N) is 2. The summed E-state index contributed by atoms with van der Waals surface area (Å²) in [5, 5.41) is 6.31. The topological polar surface area (TPSA) is 54.3 Å². The van der Waals surface area contributed by atoms with Gasteiger partial charge in [0.1, 0.15) is 6.26 Å². The Morgan fingerprint density at radius 1 is 1.32 bits per heavy atom. The summed E-state index contributed by atoms with van der Waals surface area (Å²) in [6, 6.07) is 10.2. The van der Waals surface area contributed by atoms with Crippen molar-refractivity contribution in [3.63, 3.8) is 0 Å².